The molecule has 180 valence electrons. The number of methoxy groups -OCH3 is 1. The molecule has 1 fully saturated rings. The van der Waals surface area contributed by atoms with Gasteiger partial charge in [-0.2, -0.15) is 0 Å². The van der Waals surface area contributed by atoms with E-state index in [9.17, 15) is 14.7 Å². The molecule has 4 rings (SSSR count). The fourth-order valence-electron chi connectivity index (χ4n) is 4.52. The van der Waals surface area contributed by atoms with Crippen molar-refractivity contribution in [3.05, 3.63) is 64.7 Å². The standard InChI is InChI=1S/C27H31NO6/c1-16(2)33-13-5-12-28-24(18-6-9-21(32-4)10-7-18)23(26(30)27(28)31)25(29)19-8-11-22-20(15-19)14-17(3)34-22/h6-11,15-17,24,29H,5,12-14H2,1-4H3/b25-23-. The second-order valence-corrected chi connectivity index (χ2v) is 8.99. The first kappa shape index (κ1) is 23.8. The fraction of sp³-hybridized carbons (Fsp3) is 0.407. The molecule has 0 aromatic heterocycles. The van der Waals surface area contributed by atoms with E-state index >= 15 is 0 Å². The number of carbonyl (C=O) groups excluding carboxylic acids is 2. The van der Waals surface area contributed by atoms with Crippen molar-refractivity contribution in [1.82, 2.24) is 4.90 Å². The predicted molar refractivity (Wildman–Crippen MR) is 128 cm³/mol. The maximum absolute atomic E-state index is 13.2. The number of hydrogen-bond acceptors (Lipinski definition) is 6. The quantitative estimate of drug-likeness (QED) is 0.271. The molecule has 1 N–H and O–H groups in total. The van der Waals surface area contributed by atoms with E-state index in [-0.39, 0.29) is 23.5 Å². The Kier molecular flexibility index (Phi) is 6.93. The smallest absolute Gasteiger partial charge is 0.295 e. The van der Waals surface area contributed by atoms with Gasteiger partial charge in [0.25, 0.3) is 11.7 Å². The van der Waals surface area contributed by atoms with Crippen molar-refractivity contribution in [3.8, 4) is 11.5 Å². The number of Topliss-reactive ketones (excluding diaryl/α,β-unsaturated/α-hetero) is 1. The third-order valence-corrected chi connectivity index (χ3v) is 6.14. The van der Waals surface area contributed by atoms with E-state index in [1.165, 1.54) is 4.90 Å². The Labute approximate surface area is 199 Å². The van der Waals surface area contributed by atoms with Crippen molar-refractivity contribution in [2.75, 3.05) is 20.3 Å². The summed E-state index contributed by atoms with van der Waals surface area (Å²) < 4.78 is 16.6. The van der Waals surface area contributed by atoms with Crippen LogP contribution in [-0.4, -0.2) is 54.2 Å². The molecular formula is C27H31NO6. The van der Waals surface area contributed by atoms with Crippen molar-refractivity contribution in [1.29, 1.82) is 0 Å². The zero-order valence-electron chi connectivity index (χ0n) is 20.0. The minimum Gasteiger partial charge on any atom is -0.507 e. The van der Waals surface area contributed by atoms with E-state index in [0.717, 1.165) is 23.3 Å². The molecule has 7 heteroatoms. The molecule has 1 amide bonds. The van der Waals surface area contributed by atoms with E-state index in [1.807, 2.05) is 39.0 Å². The lowest BCUT2D eigenvalue weighted by Gasteiger charge is -2.25. The van der Waals surface area contributed by atoms with Crippen LogP contribution in [0.2, 0.25) is 0 Å². The van der Waals surface area contributed by atoms with Crippen molar-refractivity contribution in [3.63, 3.8) is 0 Å². The summed E-state index contributed by atoms with van der Waals surface area (Å²) in [5, 5.41) is 11.3. The van der Waals surface area contributed by atoms with Crippen molar-refractivity contribution in [2.45, 2.75) is 51.9 Å². The van der Waals surface area contributed by atoms with E-state index in [4.69, 9.17) is 14.2 Å². The van der Waals surface area contributed by atoms with Gasteiger partial charge in [-0.25, -0.2) is 0 Å². The zero-order chi connectivity index (χ0) is 24.4. The van der Waals surface area contributed by atoms with E-state index < -0.39 is 17.7 Å². The summed E-state index contributed by atoms with van der Waals surface area (Å²) in [5.74, 6) is -0.0409. The van der Waals surface area contributed by atoms with Gasteiger partial charge >= 0.3 is 0 Å². The minimum absolute atomic E-state index is 0.0605. The Bertz CT molecular complexity index is 1100. The molecule has 2 heterocycles. The average Bonchev–Trinajstić information content (AvgIpc) is 3.32. The van der Waals surface area contributed by atoms with Crippen LogP contribution in [0.15, 0.2) is 48.0 Å². The predicted octanol–water partition coefficient (Wildman–Crippen LogP) is 4.26. The lowest BCUT2D eigenvalue weighted by Crippen LogP contribution is -2.31. The van der Waals surface area contributed by atoms with Crippen LogP contribution in [0.25, 0.3) is 5.76 Å². The molecule has 2 aliphatic rings. The maximum Gasteiger partial charge on any atom is 0.295 e. The second kappa shape index (κ2) is 9.89. The molecule has 34 heavy (non-hydrogen) atoms. The molecule has 0 bridgehead atoms. The van der Waals surface area contributed by atoms with Crippen molar-refractivity contribution >= 4 is 17.4 Å². The SMILES string of the molecule is COc1ccc(C2/C(=C(/O)c3ccc4c(c3)CC(C)O4)C(=O)C(=O)N2CCCOC(C)C)cc1. The van der Waals surface area contributed by atoms with E-state index in [1.54, 1.807) is 31.4 Å². The number of likely N-dealkylation sites (tertiary alicyclic amines) is 1. The van der Waals surface area contributed by atoms with Gasteiger partial charge in [0.05, 0.1) is 24.8 Å². The minimum atomic E-state index is -0.701. The highest BCUT2D eigenvalue weighted by Crippen LogP contribution is 2.41. The highest BCUT2D eigenvalue weighted by molar-refractivity contribution is 6.46. The second-order valence-electron chi connectivity index (χ2n) is 8.99. The Morgan fingerprint density at radius 1 is 1.18 bits per heavy atom. The summed E-state index contributed by atoms with van der Waals surface area (Å²) in [4.78, 5) is 27.8. The molecule has 2 unspecified atom stereocenters. The summed E-state index contributed by atoms with van der Waals surface area (Å²) in [7, 11) is 1.58. The highest BCUT2D eigenvalue weighted by atomic mass is 16.5. The third kappa shape index (κ3) is 4.66. The first-order valence-corrected chi connectivity index (χ1v) is 11.6. The van der Waals surface area contributed by atoms with Crippen LogP contribution < -0.4 is 9.47 Å². The molecule has 2 aromatic rings. The van der Waals surface area contributed by atoms with Crippen LogP contribution in [-0.2, 0) is 20.7 Å². The monoisotopic (exact) mass is 465 g/mol. The summed E-state index contributed by atoms with van der Waals surface area (Å²) in [6.45, 7) is 6.69. The Balaban J connectivity index is 1.73. The van der Waals surface area contributed by atoms with Gasteiger partial charge < -0.3 is 24.2 Å². The first-order chi connectivity index (χ1) is 16.3. The van der Waals surface area contributed by atoms with Crippen LogP contribution in [0.5, 0.6) is 11.5 Å². The Morgan fingerprint density at radius 2 is 1.91 bits per heavy atom. The Morgan fingerprint density at radius 3 is 2.59 bits per heavy atom. The number of benzene rings is 2. The largest absolute Gasteiger partial charge is 0.507 e. The van der Waals surface area contributed by atoms with Gasteiger partial charge in [0.2, 0.25) is 0 Å². The molecule has 2 atom stereocenters. The zero-order valence-corrected chi connectivity index (χ0v) is 20.0. The normalized spacial score (nSPS) is 21.1. The summed E-state index contributed by atoms with van der Waals surface area (Å²) in [5.41, 5.74) is 2.28. The number of nitrogens with zero attached hydrogens (tertiary/aromatic N) is 1. The lowest BCUT2D eigenvalue weighted by atomic mass is 9.94. The fourth-order valence-corrected chi connectivity index (χ4v) is 4.52. The van der Waals surface area contributed by atoms with Crippen LogP contribution in [0.3, 0.4) is 0 Å². The number of rotatable bonds is 8. The number of fused-ring (bicyclic) bond motifs is 1. The van der Waals surface area contributed by atoms with Crippen LogP contribution in [0.1, 0.15) is 49.9 Å². The van der Waals surface area contributed by atoms with Crippen LogP contribution >= 0.6 is 0 Å². The van der Waals surface area contributed by atoms with E-state index in [2.05, 4.69) is 0 Å². The molecule has 0 spiro atoms. The molecule has 7 nitrogen and oxygen atoms in total. The van der Waals surface area contributed by atoms with Gasteiger partial charge in [0, 0.05) is 25.1 Å². The van der Waals surface area contributed by atoms with Gasteiger partial charge in [-0.3, -0.25) is 9.59 Å². The number of hydrogen-bond donors (Lipinski definition) is 1. The van der Waals surface area contributed by atoms with Gasteiger partial charge in [0.1, 0.15) is 23.4 Å². The van der Waals surface area contributed by atoms with Crippen molar-refractivity contribution in [2.24, 2.45) is 0 Å². The summed E-state index contributed by atoms with van der Waals surface area (Å²) >= 11 is 0. The lowest BCUT2D eigenvalue weighted by molar-refractivity contribution is -0.140. The molecule has 0 radical (unpaired) electrons. The van der Waals surface area contributed by atoms with E-state index in [0.29, 0.717) is 30.9 Å². The van der Waals surface area contributed by atoms with Gasteiger partial charge in [-0.05, 0) is 68.7 Å². The van der Waals surface area contributed by atoms with Gasteiger partial charge in [-0.15, -0.1) is 0 Å². The Hall–Kier alpha value is -3.32. The topological polar surface area (TPSA) is 85.3 Å². The summed E-state index contributed by atoms with van der Waals surface area (Å²) in [6.07, 6.45) is 1.44. The van der Waals surface area contributed by atoms with Crippen LogP contribution in [0.4, 0.5) is 0 Å². The number of ketones is 1. The molecular weight excluding hydrogens is 434 g/mol. The first-order valence-electron chi connectivity index (χ1n) is 11.6. The number of aliphatic hydroxyl groups is 1. The van der Waals surface area contributed by atoms with Crippen LogP contribution in [0, 0.1) is 0 Å². The maximum atomic E-state index is 13.2. The molecule has 0 aliphatic carbocycles. The number of amides is 1. The molecule has 2 aliphatic heterocycles. The summed E-state index contributed by atoms with van der Waals surface area (Å²) in [6, 6.07) is 11.9. The number of ether oxygens (including phenoxy) is 3. The third-order valence-electron chi connectivity index (χ3n) is 6.14. The van der Waals surface area contributed by atoms with Gasteiger partial charge in [0.15, 0.2) is 0 Å². The van der Waals surface area contributed by atoms with Gasteiger partial charge in [-0.1, -0.05) is 12.1 Å². The highest BCUT2D eigenvalue weighted by Gasteiger charge is 2.45. The number of carbonyl (C=O) groups is 2. The number of aliphatic hydroxyl groups excluding tert-OH is 1. The van der Waals surface area contributed by atoms with Crippen molar-refractivity contribution < 1.29 is 28.9 Å². The average molecular weight is 466 g/mol. The molecule has 0 saturated carbocycles. The molecule has 2 aromatic carbocycles. The molecule has 1 saturated heterocycles.